The fourth-order valence-corrected chi connectivity index (χ4v) is 3.89. The molecule has 0 saturated heterocycles. The van der Waals surface area contributed by atoms with Gasteiger partial charge in [0.05, 0.1) is 0 Å². The fraction of sp³-hybridized carbons (Fsp3) is 0.259. The van der Waals surface area contributed by atoms with Crippen LogP contribution in [0.4, 0.5) is 0 Å². The van der Waals surface area contributed by atoms with E-state index in [0.717, 1.165) is 23.3 Å². The van der Waals surface area contributed by atoms with Crippen LogP contribution in [-0.2, 0) is 9.53 Å². The molecule has 2 atom stereocenters. The molecular formula is C27H27NO2. The van der Waals surface area contributed by atoms with Gasteiger partial charge in [-0.2, -0.15) is 0 Å². The average molecular weight is 398 g/mol. The first-order valence-electron chi connectivity index (χ1n) is 10.4. The number of rotatable bonds is 4. The monoisotopic (exact) mass is 397 g/mol. The van der Waals surface area contributed by atoms with Crippen LogP contribution in [0.1, 0.15) is 44.2 Å². The summed E-state index contributed by atoms with van der Waals surface area (Å²) in [4.78, 5) is 17.8. The maximum atomic E-state index is 12.9. The topological polar surface area (TPSA) is 38.7 Å². The average Bonchev–Trinajstić information content (AvgIpc) is 3.20. The quantitative estimate of drug-likeness (QED) is 0.503. The van der Waals surface area contributed by atoms with Crippen LogP contribution < -0.4 is 0 Å². The Hall–Kier alpha value is -3.20. The van der Waals surface area contributed by atoms with Crippen molar-refractivity contribution in [1.82, 2.24) is 0 Å². The van der Waals surface area contributed by atoms with Crippen molar-refractivity contribution in [2.45, 2.75) is 44.8 Å². The van der Waals surface area contributed by atoms with Crippen molar-refractivity contribution in [2.75, 3.05) is 0 Å². The highest BCUT2D eigenvalue weighted by molar-refractivity contribution is 6.05. The first-order valence-corrected chi connectivity index (χ1v) is 10.4. The number of benzene rings is 3. The van der Waals surface area contributed by atoms with Crippen molar-refractivity contribution in [3.8, 4) is 11.1 Å². The molecule has 0 aliphatic carbocycles. The number of hydrogen-bond donors (Lipinski definition) is 0. The van der Waals surface area contributed by atoms with E-state index in [-0.39, 0.29) is 11.9 Å². The van der Waals surface area contributed by atoms with E-state index in [2.05, 4.69) is 48.5 Å². The van der Waals surface area contributed by atoms with Crippen molar-refractivity contribution in [2.24, 2.45) is 4.99 Å². The predicted molar refractivity (Wildman–Crippen MR) is 122 cm³/mol. The summed E-state index contributed by atoms with van der Waals surface area (Å²) < 4.78 is 5.69. The van der Waals surface area contributed by atoms with Crippen molar-refractivity contribution in [1.29, 1.82) is 0 Å². The fourth-order valence-electron chi connectivity index (χ4n) is 3.89. The molecule has 0 fully saturated rings. The molecule has 3 nitrogen and oxygen atoms in total. The molecule has 3 aromatic carbocycles. The van der Waals surface area contributed by atoms with E-state index >= 15 is 0 Å². The van der Waals surface area contributed by atoms with Gasteiger partial charge in [0.25, 0.3) is 0 Å². The van der Waals surface area contributed by atoms with Crippen LogP contribution in [0.15, 0.2) is 89.9 Å². The Morgan fingerprint density at radius 2 is 1.33 bits per heavy atom. The summed E-state index contributed by atoms with van der Waals surface area (Å²) >= 11 is 0. The van der Waals surface area contributed by atoms with Gasteiger partial charge >= 0.3 is 5.97 Å². The molecule has 0 saturated carbocycles. The highest BCUT2D eigenvalue weighted by atomic mass is 16.6. The molecule has 0 radical (unpaired) electrons. The van der Waals surface area contributed by atoms with Gasteiger partial charge in [-0.3, -0.25) is 4.99 Å². The van der Waals surface area contributed by atoms with Gasteiger partial charge in [-0.05, 0) is 49.4 Å². The minimum Gasteiger partial charge on any atom is -0.458 e. The lowest BCUT2D eigenvalue weighted by atomic mass is 9.89. The van der Waals surface area contributed by atoms with Crippen LogP contribution in [0.5, 0.6) is 0 Å². The van der Waals surface area contributed by atoms with Gasteiger partial charge in [-0.15, -0.1) is 0 Å². The third kappa shape index (κ3) is 4.51. The molecule has 3 heteroatoms. The van der Waals surface area contributed by atoms with Crippen molar-refractivity contribution >= 4 is 11.7 Å². The zero-order chi connectivity index (χ0) is 21.1. The summed E-state index contributed by atoms with van der Waals surface area (Å²) in [6, 6.07) is 28.4. The molecule has 30 heavy (non-hydrogen) atoms. The molecule has 3 aromatic rings. The molecule has 0 unspecified atom stereocenters. The zero-order valence-corrected chi connectivity index (χ0v) is 17.7. The number of carbonyl (C=O) groups excluding carboxylic acids is 1. The second kappa shape index (κ2) is 8.27. The van der Waals surface area contributed by atoms with E-state index in [1.165, 1.54) is 11.1 Å². The summed E-state index contributed by atoms with van der Waals surface area (Å²) in [7, 11) is 0. The first-order chi connectivity index (χ1) is 14.4. The Morgan fingerprint density at radius 1 is 0.800 bits per heavy atom. The standard InChI is InChI=1S/C27H27NO2/c1-27(2,3)30-26(29)25-23(21-12-8-5-9-13-21)18-24(28-25)22-16-14-20(15-17-22)19-10-6-4-7-11-19/h4-17,23,25H,18H2,1-3H3/t23-,25+/m1/s1. The Balaban J connectivity index is 1.63. The second-order valence-corrected chi connectivity index (χ2v) is 8.72. The molecule has 1 aliphatic heterocycles. The number of nitrogens with zero attached hydrogens (tertiary/aromatic N) is 1. The molecule has 0 aromatic heterocycles. The number of esters is 1. The Kier molecular flexibility index (Phi) is 5.54. The van der Waals surface area contributed by atoms with Crippen molar-refractivity contribution < 1.29 is 9.53 Å². The van der Waals surface area contributed by atoms with E-state index < -0.39 is 11.6 Å². The molecular weight excluding hydrogens is 370 g/mol. The van der Waals surface area contributed by atoms with Crippen LogP contribution >= 0.6 is 0 Å². The zero-order valence-electron chi connectivity index (χ0n) is 17.7. The molecule has 0 N–H and O–H groups in total. The summed E-state index contributed by atoms with van der Waals surface area (Å²) in [5.74, 6) is -0.267. The van der Waals surface area contributed by atoms with Crippen LogP contribution in [0, 0.1) is 0 Å². The van der Waals surface area contributed by atoms with Crippen LogP contribution in [-0.4, -0.2) is 23.3 Å². The van der Waals surface area contributed by atoms with Gasteiger partial charge in [-0.25, -0.2) is 4.79 Å². The Morgan fingerprint density at radius 3 is 1.93 bits per heavy atom. The maximum Gasteiger partial charge on any atom is 0.332 e. The van der Waals surface area contributed by atoms with Crippen LogP contribution in [0.25, 0.3) is 11.1 Å². The lowest BCUT2D eigenvalue weighted by Gasteiger charge is -2.24. The van der Waals surface area contributed by atoms with E-state index in [1.54, 1.807) is 0 Å². The predicted octanol–water partition coefficient (Wildman–Crippen LogP) is 6.04. The number of aliphatic imine (C=N–C) groups is 1. The minimum atomic E-state index is -0.534. The lowest BCUT2D eigenvalue weighted by molar-refractivity contribution is -0.156. The molecule has 0 amide bonds. The number of carbonyl (C=O) groups is 1. The molecule has 4 rings (SSSR count). The highest BCUT2D eigenvalue weighted by Gasteiger charge is 2.38. The first kappa shape index (κ1) is 20.1. The lowest BCUT2D eigenvalue weighted by Crippen LogP contribution is -2.32. The van der Waals surface area contributed by atoms with Gasteiger partial charge in [0.2, 0.25) is 0 Å². The van der Waals surface area contributed by atoms with Gasteiger partial charge in [-0.1, -0.05) is 84.9 Å². The van der Waals surface area contributed by atoms with Crippen molar-refractivity contribution in [3.05, 3.63) is 96.1 Å². The Labute approximate surface area is 178 Å². The molecule has 0 bridgehead atoms. The third-order valence-corrected chi connectivity index (χ3v) is 5.29. The molecule has 0 spiro atoms. The van der Waals surface area contributed by atoms with Gasteiger partial charge in [0.15, 0.2) is 6.04 Å². The smallest absolute Gasteiger partial charge is 0.332 e. The summed E-state index contributed by atoms with van der Waals surface area (Å²) in [5, 5.41) is 0. The Bertz CT molecular complexity index is 1030. The minimum absolute atomic E-state index is 0.00940. The highest BCUT2D eigenvalue weighted by Crippen LogP contribution is 2.35. The normalized spacial score (nSPS) is 18.7. The van der Waals surface area contributed by atoms with Crippen LogP contribution in [0.2, 0.25) is 0 Å². The van der Waals surface area contributed by atoms with E-state index in [4.69, 9.17) is 9.73 Å². The second-order valence-electron chi connectivity index (χ2n) is 8.72. The van der Waals surface area contributed by atoms with Gasteiger partial charge < -0.3 is 4.74 Å². The molecule has 152 valence electrons. The van der Waals surface area contributed by atoms with E-state index in [1.807, 2.05) is 57.2 Å². The van der Waals surface area contributed by atoms with Crippen LogP contribution in [0.3, 0.4) is 0 Å². The SMILES string of the molecule is CC(C)(C)OC(=O)[C@H]1N=C(c2ccc(-c3ccccc3)cc2)C[C@@H]1c1ccccc1. The molecule has 1 heterocycles. The van der Waals surface area contributed by atoms with Gasteiger partial charge in [0, 0.05) is 11.6 Å². The summed E-state index contributed by atoms with van der Waals surface area (Å²) in [6.07, 6.45) is 0.721. The number of hydrogen-bond acceptors (Lipinski definition) is 3. The summed E-state index contributed by atoms with van der Waals surface area (Å²) in [5.41, 5.74) is 4.95. The van der Waals surface area contributed by atoms with Crippen molar-refractivity contribution in [3.63, 3.8) is 0 Å². The van der Waals surface area contributed by atoms with E-state index in [9.17, 15) is 4.79 Å². The summed E-state index contributed by atoms with van der Waals surface area (Å²) in [6.45, 7) is 5.68. The van der Waals surface area contributed by atoms with Gasteiger partial charge in [0.1, 0.15) is 5.60 Å². The molecule has 1 aliphatic rings. The maximum absolute atomic E-state index is 12.9. The third-order valence-electron chi connectivity index (χ3n) is 5.29. The van der Waals surface area contributed by atoms with E-state index in [0.29, 0.717) is 0 Å². The largest absolute Gasteiger partial charge is 0.458 e. The number of ether oxygens (including phenoxy) is 1.